The molecule has 8 heteroatoms. The highest BCUT2D eigenvalue weighted by Gasteiger charge is 2.22. The van der Waals surface area contributed by atoms with Crippen LogP contribution in [-0.4, -0.2) is 38.2 Å². The molecule has 0 aliphatic carbocycles. The number of H-pyrrole nitrogens is 1. The van der Waals surface area contributed by atoms with Crippen molar-refractivity contribution in [2.45, 2.75) is 27.3 Å². The Labute approximate surface area is 156 Å². The van der Waals surface area contributed by atoms with Crippen LogP contribution in [0.25, 0.3) is 5.69 Å². The number of aryl methyl sites for hydroxylation is 1. The van der Waals surface area contributed by atoms with Crippen molar-refractivity contribution in [2.75, 3.05) is 6.61 Å². The molecule has 1 aromatic carbocycles. The summed E-state index contributed by atoms with van der Waals surface area (Å²) in [7, 11) is 0. The summed E-state index contributed by atoms with van der Waals surface area (Å²) in [5.41, 5.74) is 3.82. The molecule has 0 aliphatic heterocycles. The maximum Gasteiger partial charge on any atom is 0.340 e. The van der Waals surface area contributed by atoms with Gasteiger partial charge in [0.05, 0.1) is 17.9 Å². The van der Waals surface area contributed by atoms with Crippen LogP contribution >= 0.6 is 0 Å². The molecule has 0 radical (unpaired) electrons. The Morgan fingerprint density at radius 1 is 1.22 bits per heavy atom. The maximum atomic E-state index is 12.5. The second kappa shape index (κ2) is 7.86. The van der Waals surface area contributed by atoms with Gasteiger partial charge in [-0.3, -0.25) is 4.79 Å². The predicted molar refractivity (Wildman–Crippen MR) is 98.8 cm³/mol. The number of carbonyl (C=O) groups excluding carboxylic acids is 2. The van der Waals surface area contributed by atoms with Crippen LogP contribution in [0.5, 0.6) is 0 Å². The van der Waals surface area contributed by atoms with Crippen LogP contribution in [0.15, 0.2) is 36.9 Å². The van der Waals surface area contributed by atoms with Gasteiger partial charge in [0.15, 0.2) is 0 Å². The van der Waals surface area contributed by atoms with Gasteiger partial charge in [-0.2, -0.15) is 5.10 Å². The molecule has 3 aromatic rings. The van der Waals surface area contributed by atoms with E-state index >= 15 is 0 Å². The van der Waals surface area contributed by atoms with E-state index in [2.05, 4.69) is 20.4 Å². The first-order valence-electron chi connectivity index (χ1n) is 8.59. The monoisotopic (exact) mass is 367 g/mol. The molecule has 0 atom stereocenters. The van der Waals surface area contributed by atoms with Crippen LogP contribution in [0.2, 0.25) is 0 Å². The van der Waals surface area contributed by atoms with Gasteiger partial charge in [-0.15, -0.1) is 0 Å². The van der Waals surface area contributed by atoms with Crippen LogP contribution in [-0.2, 0) is 11.3 Å². The average Bonchev–Trinajstić information content (AvgIpc) is 3.28. The van der Waals surface area contributed by atoms with Gasteiger partial charge in [0.2, 0.25) is 0 Å². The van der Waals surface area contributed by atoms with E-state index in [1.165, 1.54) is 6.33 Å². The highest BCUT2D eigenvalue weighted by molar-refractivity contribution is 6.00. The molecular weight excluding hydrogens is 346 g/mol. The third kappa shape index (κ3) is 3.89. The minimum atomic E-state index is -0.425. The molecule has 3 rings (SSSR count). The number of esters is 1. The minimum absolute atomic E-state index is 0.272. The van der Waals surface area contributed by atoms with Gasteiger partial charge >= 0.3 is 5.97 Å². The zero-order valence-electron chi connectivity index (χ0n) is 15.4. The van der Waals surface area contributed by atoms with Crippen LogP contribution in [0.1, 0.15) is 44.6 Å². The lowest BCUT2D eigenvalue weighted by atomic mass is 10.1. The van der Waals surface area contributed by atoms with Crippen LogP contribution < -0.4 is 5.32 Å². The van der Waals surface area contributed by atoms with Crippen molar-refractivity contribution >= 4 is 11.9 Å². The lowest BCUT2D eigenvalue weighted by Gasteiger charge is -2.07. The Kier molecular flexibility index (Phi) is 5.35. The fourth-order valence-corrected chi connectivity index (χ4v) is 2.87. The van der Waals surface area contributed by atoms with Crippen LogP contribution in [0, 0.1) is 13.8 Å². The lowest BCUT2D eigenvalue weighted by Crippen LogP contribution is -2.24. The molecule has 1 amide bonds. The highest BCUT2D eigenvalue weighted by Crippen LogP contribution is 2.19. The molecule has 2 heterocycles. The van der Waals surface area contributed by atoms with Crippen LogP contribution in [0.3, 0.4) is 0 Å². The second-order valence-electron chi connectivity index (χ2n) is 6.03. The first-order chi connectivity index (χ1) is 13.0. The molecule has 0 saturated carbocycles. The van der Waals surface area contributed by atoms with E-state index < -0.39 is 5.97 Å². The zero-order valence-corrected chi connectivity index (χ0v) is 15.4. The molecule has 27 heavy (non-hydrogen) atoms. The van der Waals surface area contributed by atoms with E-state index in [0.29, 0.717) is 29.1 Å². The number of carbonyl (C=O) groups is 2. The number of hydrogen-bond donors (Lipinski definition) is 2. The van der Waals surface area contributed by atoms with E-state index in [9.17, 15) is 9.59 Å². The van der Waals surface area contributed by atoms with E-state index in [1.54, 1.807) is 31.8 Å². The van der Waals surface area contributed by atoms with E-state index in [4.69, 9.17) is 4.74 Å². The molecule has 8 nitrogen and oxygen atoms in total. The first-order valence-corrected chi connectivity index (χ1v) is 8.59. The number of aromatic amines is 1. The maximum absolute atomic E-state index is 12.5. The Morgan fingerprint density at radius 2 is 1.96 bits per heavy atom. The predicted octanol–water partition coefficient (Wildman–Crippen LogP) is 2.32. The smallest absolute Gasteiger partial charge is 0.340 e. The quantitative estimate of drug-likeness (QED) is 0.651. The van der Waals surface area contributed by atoms with Gasteiger partial charge in [-0.05, 0) is 44.0 Å². The van der Waals surface area contributed by atoms with Crippen molar-refractivity contribution in [2.24, 2.45) is 0 Å². The number of ether oxygens (including phenoxy) is 1. The Hall–Kier alpha value is -3.42. The van der Waals surface area contributed by atoms with Gasteiger partial charge in [-0.25, -0.2) is 14.5 Å². The summed E-state index contributed by atoms with van der Waals surface area (Å²) >= 11 is 0. The molecular formula is C19H21N5O3. The zero-order chi connectivity index (χ0) is 19.4. The molecule has 0 saturated heterocycles. The van der Waals surface area contributed by atoms with Crippen molar-refractivity contribution in [3.05, 3.63) is 65.0 Å². The Balaban J connectivity index is 1.67. The third-order valence-corrected chi connectivity index (χ3v) is 4.22. The summed E-state index contributed by atoms with van der Waals surface area (Å²) in [6.07, 6.45) is 3.09. The van der Waals surface area contributed by atoms with Crippen molar-refractivity contribution in [1.29, 1.82) is 0 Å². The van der Waals surface area contributed by atoms with Crippen molar-refractivity contribution in [3.63, 3.8) is 0 Å². The number of aromatic nitrogens is 4. The summed E-state index contributed by atoms with van der Waals surface area (Å²) in [5, 5.41) is 6.94. The summed E-state index contributed by atoms with van der Waals surface area (Å²) in [5.74, 6) is -0.696. The Bertz CT molecular complexity index is 943. The SMILES string of the molecule is CCOC(=O)c1c(C)[nH]c(C(=O)NCc2ccc(-n3cncn3)cc2)c1C. The molecule has 2 aromatic heterocycles. The molecule has 0 bridgehead atoms. The topological polar surface area (TPSA) is 102 Å². The second-order valence-corrected chi connectivity index (χ2v) is 6.03. The number of hydrogen-bond acceptors (Lipinski definition) is 5. The van der Waals surface area contributed by atoms with Crippen molar-refractivity contribution in [3.8, 4) is 5.69 Å². The summed E-state index contributed by atoms with van der Waals surface area (Å²) < 4.78 is 6.71. The molecule has 140 valence electrons. The standard InChI is InChI=1S/C19H21N5O3/c1-4-27-19(26)16-12(2)17(23-13(16)3)18(25)21-9-14-5-7-15(8-6-14)24-11-20-10-22-24/h5-8,10-11,23H,4,9H2,1-3H3,(H,21,25). The Morgan fingerprint density at radius 3 is 2.59 bits per heavy atom. The summed E-state index contributed by atoms with van der Waals surface area (Å²) in [6.45, 7) is 5.88. The number of amides is 1. The number of nitrogens with zero attached hydrogens (tertiary/aromatic N) is 3. The number of nitrogens with one attached hydrogen (secondary N) is 2. The number of rotatable bonds is 6. The third-order valence-electron chi connectivity index (χ3n) is 4.22. The fourth-order valence-electron chi connectivity index (χ4n) is 2.87. The molecule has 0 unspecified atom stereocenters. The fraction of sp³-hybridized carbons (Fsp3) is 0.263. The van der Waals surface area contributed by atoms with Gasteiger partial charge in [0.1, 0.15) is 18.3 Å². The lowest BCUT2D eigenvalue weighted by molar-refractivity contribution is 0.0525. The highest BCUT2D eigenvalue weighted by atomic mass is 16.5. The molecule has 0 fully saturated rings. The number of benzene rings is 1. The van der Waals surface area contributed by atoms with Gasteiger partial charge < -0.3 is 15.0 Å². The molecule has 0 aliphatic rings. The van der Waals surface area contributed by atoms with Crippen molar-refractivity contribution in [1.82, 2.24) is 25.1 Å². The van der Waals surface area contributed by atoms with Gasteiger partial charge in [-0.1, -0.05) is 12.1 Å². The average molecular weight is 367 g/mol. The molecule has 0 spiro atoms. The summed E-state index contributed by atoms with van der Waals surface area (Å²) in [6, 6.07) is 7.63. The van der Waals surface area contributed by atoms with Gasteiger partial charge in [0.25, 0.3) is 5.91 Å². The van der Waals surface area contributed by atoms with Crippen molar-refractivity contribution < 1.29 is 14.3 Å². The first kappa shape index (κ1) is 18.4. The summed E-state index contributed by atoms with van der Waals surface area (Å²) in [4.78, 5) is 31.5. The minimum Gasteiger partial charge on any atom is -0.462 e. The van der Waals surface area contributed by atoms with E-state index in [0.717, 1.165) is 11.3 Å². The normalized spacial score (nSPS) is 10.6. The van der Waals surface area contributed by atoms with E-state index in [1.807, 2.05) is 24.3 Å². The van der Waals surface area contributed by atoms with Gasteiger partial charge in [0, 0.05) is 12.2 Å². The van der Waals surface area contributed by atoms with E-state index in [-0.39, 0.29) is 12.5 Å². The largest absolute Gasteiger partial charge is 0.462 e. The molecule has 2 N–H and O–H groups in total. The van der Waals surface area contributed by atoms with Crippen LogP contribution in [0.4, 0.5) is 0 Å².